The van der Waals surface area contributed by atoms with Crippen molar-refractivity contribution < 1.29 is 13.2 Å². The van der Waals surface area contributed by atoms with Gasteiger partial charge in [0.1, 0.15) is 0 Å². The van der Waals surface area contributed by atoms with E-state index in [1.165, 1.54) is 17.6 Å². The Morgan fingerprint density at radius 1 is 1.26 bits per heavy atom. The van der Waals surface area contributed by atoms with Crippen molar-refractivity contribution in [1.82, 2.24) is 4.57 Å². The molecular formula is C19H17ClN2O3S2. The molecule has 1 aromatic heterocycles. The Balaban J connectivity index is 2.04. The van der Waals surface area contributed by atoms with Gasteiger partial charge in [-0.3, -0.25) is 4.79 Å². The molecule has 0 unspecified atom stereocenters. The first-order valence-electron chi connectivity index (χ1n) is 8.04. The van der Waals surface area contributed by atoms with Crippen LogP contribution in [0.3, 0.4) is 0 Å². The Morgan fingerprint density at radius 3 is 2.59 bits per heavy atom. The number of halogens is 1. The standard InChI is InChI=1S/C19H17ClN2O3S2/c1-3-10-22-16-9-8-15(27(2,24)25)12-17(16)26-19(22)21-18(23)11-13-4-6-14(20)7-5-13/h3-9,12H,1,10-11H2,2H3. The summed E-state index contributed by atoms with van der Waals surface area (Å²) in [6.07, 6.45) is 3.04. The maximum Gasteiger partial charge on any atom is 0.252 e. The van der Waals surface area contributed by atoms with E-state index in [9.17, 15) is 13.2 Å². The summed E-state index contributed by atoms with van der Waals surface area (Å²) in [7, 11) is -3.31. The van der Waals surface area contributed by atoms with E-state index in [0.717, 1.165) is 15.8 Å². The van der Waals surface area contributed by atoms with Crippen LogP contribution < -0.4 is 4.80 Å². The number of aromatic nitrogens is 1. The van der Waals surface area contributed by atoms with Crippen LogP contribution >= 0.6 is 22.9 Å². The summed E-state index contributed by atoms with van der Waals surface area (Å²) in [6, 6.07) is 11.9. The Kier molecular flexibility index (Phi) is 5.64. The van der Waals surface area contributed by atoms with Crippen molar-refractivity contribution in [1.29, 1.82) is 0 Å². The highest BCUT2D eigenvalue weighted by molar-refractivity contribution is 7.90. The maximum absolute atomic E-state index is 12.4. The second kappa shape index (κ2) is 7.80. The molecule has 0 atom stereocenters. The van der Waals surface area contributed by atoms with Crippen molar-refractivity contribution in [3.05, 3.63) is 70.5 Å². The van der Waals surface area contributed by atoms with E-state index in [1.54, 1.807) is 48.5 Å². The van der Waals surface area contributed by atoms with Gasteiger partial charge < -0.3 is 4.57 Å². The van der Waals surface area contributed by atoms with Crippen LogP contribution in [-0.2, 0) is 27.6 Å². The van der Waals surface area contributed by atoms with Crippen LogP contribution in [0.5, 0.6) is 0 Å². The van der Waals surface area contributed by atoms with Crippen molar-refractivity contribution in [3.63, 3.8) is 0 Å². The predicted molar refractivity (Wildman–Crippen MR) is 109 cm³/mol. The van der Waals surface area contributed by atoms with E-state index in [1.807, 2.05) is 4.57 Å². The summed E-state index contributed by atoms with van der Waals surface area (Å²) in [5.41, 5.74) is 1.63. The van der Waals surface area contributed by atoms with Gasteiger partial charge in [0.25, 0.3) is 5.91 Å². The summed E-state index contributed by atoms with van der Waals surface area (Å²) in [4.78, 5) is 17.4. The Bertz CT molecular complexity index is 1190. The summed E-state index contributed by atoms with van der Waals surface area (Å²) < 4.78 is 26.2. The van der Waals surface area contributed by atoms with E-state index >= 15 is 0 Å². The molecule has 27 heavy (non-hydrogen) atoms. The lowest BCUT2D eigenvalue weighted by Gasteiger charge is -2.02. The SMILES string of the molecule is C=CCn1c(=NC(=O)Cc2ccc(Cl)cc2)sc2cc(S(C)(=O)=O)ccc21. The average molecular weight is 421 g/mol. The first-order valence-corrected chi connectivity index (χ1v) is 11.1. The van der Waals surface area contributed by atoms with Crippen LogP contribution in [0.2, 0.25) is 5.02 Å². The third-order valence-corrected chi connectivity index (χ3v) is 6.29. The molecular weight excluding hydrogens is 404 g/mol. The van der Waals surface area contributed by atoms with Gasteiger partial charge in [0.05, 0.1) is 21.5 Å². The molecule has 0 aliphatic heterocycles. The third kappa shape index (κ3) is 4.55. The van der Waals surface area contributed by atoms with Gasteiger partial charge in [0, 0.05) is 17.8 Å². The lowest BCUT2D eigenvalue weighted by atomic mass is 10.1. The van der Waals surface area contributed by atoms with Gasteiger partial charge in [-0.2, -0.15) is 4.99 Å². The number of amides is 1. The second-order valence-electron chi connectivity index (χ2n) is 5.99. The Hall–Kier alpha value is -2.22. The molecule has 1 amide bonds. The number of carbonyl (C=O) groups excluding carboxylic acids is 1. The zero-order valence-electron chi connectivity index (χ0n) is 14.6. The molecule has 140 valence electrons. The first-order chi connectivity index (χ1) is 12.8. The number of fused-ring (bicyclic) bond motifs is 1. The highest BCUT2D eigenvalue weighted by Gasteiger charge is 2.12. The number of thiazole rings is 1. The average Bonchev–Trinajstić information content (AvgIpc) is 2.93. The van der Waals surface area contributed by atoms with Crippen molar-refractivity contribution in [3.8, 4) is 0 Å². The minimum absolute atomic E-state index is 0.161. The topological polar surface area (TPSA) is 68.5 Å². The summed E-state index contributed by atoms with van der Waals surface area (Å²) in [5.74, 6) is -0.287. The van der Waals surface area contributed by atoms with Gasteiger partial charge in [-0.1, -0.05) is 41.1 Å². The lowest BCUT2D eigenvalue weighted by Crippen LogP contribution is -2.16. The van der Waals surface area contributed by atoms with Crippen LogP contribution in [0.1, 0.15) is 5.56 Å². The number of rotatable bonds is 5. The fourth-order valence-electron chi connectivity index (χ4n) is 2.60. The molecule has 2 aromatic carbocycles. The second-order valence-corrected chi connectivity index (χ2v) is 9.46. The molecule has 3 aromatic rings. The molecule has 5 nitrogen and oxygen atoms in total. The normalized spacial score (nSPS) is 12.4. The maximum atomic E-state index is 12.4. The van der Waals surface area contributed by atoms with Crippen LogP contribution in [0, 0.1) is 0 Å². The molecule has 0 bridgehead atoms. The van der Waals surface area contributed by atoms with Gasteiger partial charge in [-0.25, -0.2) is 8.42 Å². The van der Waals surface area contributed by atoms with E-state index in [0.29, 0.717) is 16.4 Å². The number of nitrogens with zero attached hydrogens (tertiary/aromatic N) is 2. The molecule has 0 saturated heterocycles. The van der Waals surface area contributed by atoms with Gasteiger partial charge in [-0.15, -0.1) is 6.58 Å². The number of sulfone groups is 1. The monoisotopic (exact) mass is 420 g/mol. The first kappa shape index (κ1) is 19.5. The van der Waals surface area contributed by atoms with E-state index in [-0.39, 0.29) is 17.2 Å². The van der Waals surface area contributed by atoms with E-state index < -0.39 is 9.84 Å². The Labute approximate surface area is 166 Å². The number of hydrogen-bond donors (Lipinski definition) is 0. The smallest absolute Gasteiger partial charge is 0.252 e. The number of hydrogen-bond acceptors (Lipinski definition) is 4. The highest BCUT2D eigenvalue weighted by Crippen LogP contribution is 2.22. The van der Waals surface area contributed by atoms with Crippen LogP contribution in [0.15, 0.2) is 65.0 Å². The van der Waals surface area contributed by atoms with Gasteiger partial charge in [0.15, 0.2) is 14.6 Å². The molecule has 0 fully saturated rings. The van der Waals surface area contributed by atoms with Gasteiger partial charge in [0.2, 0.25) is 0 Å². The van der Waals surface area contributed by atoms with E-state index in [2.05, 4.69) is 11.6 Å². The third-order valence-electron chi connectivity index (χ3n) is 3.88. The van der Waals surface area contributed by atoms with Gasteiger partial charge in [-0.05, 0) is 35.9 Å². The highest BCUT2D eigenvalue weighted by atomic mass is 35.5. The fourth-order valence-corrected chi connectivity index (χ4v) is 4.54. The zero-order chi connectivity index (χ0) is 19.6. The van der Waals surface area contributed by atoms with Crippen LogP contribution in [-0.4, -0.2) is 25.1 Å². The fraction of sp³-hybridized carbons (Fsp3) is 0.158. The zero-order valence-corrected chi connectivity index (χ0v) is 16.9. The Morgan fingerprint density at radius 2 is 1.96 bits per heavy atom. The predicted octanol–water partition coefficient (Wildman–Crippen LogP) is 3.62. The molecule has 0 radical (unpaired) electrons. The molecule has 0 aliphatic carbocycles. The minimum atomic E-state index is -3.31. The van der Waals surface area contributed by atoms with Crippen molar-refractivity contribution in [2.24, 2.45) is 4.99 Å². The molecule has 0 saturated carbocycles. The quantitative estimate of drug-likeness (QED) is 0.592. The molecule has 8 heteroatoms. The number of allylic oxidation sites excluding steroid dienone is 1. The van der Waals surface area contributed by atoms with Crippen LogP contribution in [0.25, 0.3) is 10.2 Å². The summed E-state index contributed by atoms with van der Waals surface area (Å²) in [5, 5.41) is 0.609. The van der Waals surface area contributed by atoms with Crippen molar-refractivity contribution in [2.45, 2.75) is 17.9 Å². The minimum Gasteiger partial charge on any atom is -0.313 e. The molecule has 0 spiro atoms. The molecule has 0 N–H and O–H groups in total. The summed E-state index contributed by atoms with van der Waals surface area (Å²) >= 11 is 7.14. The van der Waals surface area contributed by atoms with Crippen molar-refractivity contribution in [2.75, 3.05) is 6.26 Å². The number of carbonyl (C=O) groups is 1. The van der Waals surface area contributed by atoms with Gasteiger partial charge >= 0.3 is 0 Å². The lowest BCUT2D eigenvalue weighted by molar-refractivity contribution is -0.117. The van der Waals surface area contributed by atoms with Crippen LogP contribution in [0.4, 0.5) is 0 Å². The molecule has 0 aliphatic rings. The molecule has 1 heterocycles. The molecule has 3 rings (SSSR count). The summed E-state index contributed by atoms with van der Waals surface area (Å²) in [6.45, 7) is 4.21. The number of benzene rings is 2. The van der Waals surface area contributed by atoms with Crippen molar-refractivity contribution >= 4 is 48.9 Å². The largest absolute Gasteiger partial charge is 0.313 e. The van der Waals surface area contributed by atoms with E-state index in [4.69, 9.17) is 11.6 Å².